The van der Waals surface area contributed by atoms with Gasteiger partial charge in [0.25, 0.3) is 0 Å². The molecule has 0 saturated heterocycles. The molecule has 0 aliphatic heterocycles. The Labute approximate surface area is 188 Å². The van der Waals surface area contributed by atoms with E-state index in [1.54, 1.807) is 43.5 Å². The van der Waals surface area contributed by atoms with Crippen LogP contribution in [0.2, 0.25) is 0 Å². The lowest BCUT2D eigenvalue weighted by Gasteiger charge is -2.20. The number of carbonyl (C=O) groups is 2. The SMILES string of the molecule is CCN(CC(=O)c1c(C)c(C(=O)OC)n(CC)c1C)S(=O)(=O)c1ccc2ccccc2c1. The number of hydrogen-bond donors (Lipinski definition) is 0. The minimum atomic E-state index is -3.89. The van der Waals surface area contributed by atoms with Crippen LogP contribution < -0.4 is 0 Å². The Morgan fingerprint density at radius 2 is 1.69 bits per heavy atom. The second kappa shape index (κ2) is 9.26. The number of fused-ring (bicyclic) bond motifs is 1. The maximum absolute atomic E-state index is 13.3. The molecule has 0 radical (unpaired) electrons. The number of ketones is 1. The first kappa shape index (κ1) is 23.7. The van der Waals surface area contributed by atoms with Crippen LogP contribution in [0.15, 0.2) is 47.4 Å². The van der Waals surface area contributed by atoms with E-state index in [2.05, 4.69) is 0 Å². The molecule has 170 valence electrons. The van der Waals surface area contributed by atoms with Crippen molar-refractivity contribution in [3.63, 3.8) is 0 Å². The van der Waals surface area contributed by atoms with Crippen LogP contribution in [0.5, 0.6) is 0 Å². The summed E-state index contributed by atoms with van der Waals surface area (Å²) in [7, 11) is -2.59. The lowest BCUT2D eigenvalue weighted by molar-refractivity contribution is 0.0587. The summed E-state index contributed by atoms with van der Waals surface area (Å²) < 4.78 is 34.4. The van der Waals surface area contributed by atoms with E-state index in [4.69, 9.17) is 4.74 Å². The van der Waals surface area contributed by atoms with Gasteiger partial charge in [0.2, 0.25) is 10.0 Å². The van der Waals surface area contributed by atoms with Crippen LogP contribution in [-0.4, -0.2) is 49.2 Å². The zero-order chi connectivity index (χ0) is 23.6. The quantitative estimate of drug-likeness (QED) is 0.378. The second-order valence-corrected chi connectivity index (χ2v) is 9.47. The minimum Gasteiger partial charge on any atom is -0.464 e. The average Bonchev–Trinajstić information content (AvgIpc) is 3.05. The summed E-state index contributed by atoms with van der Waals surface area (Å²) in [6.07, 6.45) is 0. The predicted octanol–water partition coefficient (Wildman–Crippen LogP) is 3.96. The van der Waals surface area contributed by atoms with E-state index in [-0.39, 0.29) is 23.8 Å². The van der Waals surface area contributed by atoms with Gasteiger partial charge < -0.3 is 9.30 Å². The maximum atomic E-state index is 13.3. The monoisotopic (exact) mass is 456 g/mol. The summed E-state index contributed by atoms with van der Waals surface area (Å²) in [6, 6.07) is 12.4. The molecule has 1 aromatic heterocycles. The third kappa shape index (κ3) is 4.08. The fourth-order valence-corrected chi connectivity index (χ4v) is 5.59. The summed E-state index contributed by atoms with van der Waals surface area (Å²) >= 11 is 0. The number of Topliss-reactive ketones (excluding diaryl/α,β-unsaturated/α-hetero) is 1. The Hall–Kier alpha value is -2.97. The number of rotatable bonds is 8. The minimum absolute atomic E-state index is 0.136. The second-order valence-electron chi connectivity index (χ2n) is 7.53. The number of aromatic nitrogens is 1. The number of nitrogens with zero attached hydrogens (tertiary/aromatic N) is 2. The molecule has 7 nitrogen and oxygen atoms in total. The number of esters is 1. The molecule has 32 heavy (non-hydrogen) atoms. The van der Waals surface area contributed by atoms with Gasteiger partial charge in [-0.1, -0.05) is 37.3 Å². The summed E-state index contributed by atoms with van der Waals surface area (Å²) in [6.45, 7) is 7.31. The van der Waals surface area contributed by atoms with Gasteiger partial charge in [0.1, 0.15) is 5.69 Å². The van der Waals surface area contributed by atoms with Gasteiger partial charge in [-0.05, 0) is 49.2 Å². The van der Waals surface area contributed by atoms with Crippen molar-refractivity contribution >= 4 is 32.5 Å². The van der Waals surface area contributed by atoms with Crippen LogP contribution in [0, 0.1) is 13.8 Å². The number of likely N-dealkylation sites (N-methyl/N-ethyl adjacent to an activating group) is 1. The molecule has 0 saturated carbocycles. The number of hydrogen-bond acceptors (Lipinski definition) is 5. The lowest BCUT2D eigenvalue weighted by Crippen LogP contribution is -2.36. The van der Waals surface area contributed by atoms with Gasteiger partial charge in [0, 0.05) is 24.3 Å². The van der Waals surface area contributed by atoms with Crippen molar-refractivity contribution in [1.29, 1.82) is 0 Å². The van der Waals surface area contributed by atoms with Crippen LogP contribution >= 0.6 is 0 Å². The number of sulfonamides is 1. The molecular weight excluding hydrogens is 428 g/mol. The molecule has 0 atom stereocenters. The first-order valence-electron chi connectivity index (χ1n) is 10.5. The molecule has 3 aromatic rings. The molecule has 0 N–H and O–H groups in total. The molecule has 0 fully saturated rings. The van der Waals surface area contributed by atoms with E-state index in [1.165, 1.54) is 11.4 Å². The molecule has 0 bridgehead atoms. The first-order valence-corrected chi connectivity index (χ1v) is 11.9. The highest BCUT2D eigenvalue weighted by atomic mass is 32.2. The van der Waals surface area contributed by atoms with Crippen molar-refractivity contribution in [2.75, 3.05) is 20.2 Å². The van der Waals surface area contributed by atoms with E-state index in [0.29, 0.717) is 29.1 Å². The normalized spacial score (nSPS) is 11.8. The molecule has 0 amide bonds. The zero-order valence-electron chi connectivity index (χ0n) is 19.0. The Balaban J connectivity index is 1.98. The highest BCUT2D eigenvalue weighted by Crippen LogP contribution is 2.26. The third-order valence-electron chi connectivity index (χ3n) is 5.77. The van der Waals surface area contributed by atoms with Crippen molar-refractivity contribution in [3.05, 3.63) is 65.0 Å². The van der Waals surface area contributed by atoms with Crippen LogP contribution in [0.4, 0.5) is 0 Å². The molecule has 0 spiro atoms. The standard InChI is InChI=1S/C24H28N2O5S/c1-6-25(32(29,30)20-13-12-18-10-8-9-11-19(18)14-20)15-21(27)22-16(3)23(24(28)31-5)26(7-2)17(22)4/h8-14H,6-7,15H2,1-5H3. The molecule has 2 aromatic carbocycles. The molecule has 8 heteroatoms. The average molecular weight is 457 g/mol. The smallest absolute Gasteiger partial charge is 0.354 e. The number of ether oxygens (including phenoxy) is 1. The van der Waals surface area contributed by atoms with Gasteiger partial charge in [0.15, 0.2) is 5.78 Å². The van der Waals surface area contributed by atoms with Crippen LogP contribution in [0.25, 0.3) is 10.8 Å². The topological polar surface area (TPSA) is 85.7 Å². The summed E-state index contributed by atoms with van der Waals surface area (Å²) in [5, 5.41) is 1.75. The Bertz CT molecular complexity index is 1290. The molecule has 0 aliphatic rings. The van der Waals surface area contributed by atoms with Gasteiger partial charge in [-0.3, -0.25) is 4.79 Å². The zero-order valence-corrected chi connectivity index (χ0v) is 19.8. The fourth-order valence-electron chi connectivity index (χ4n) is 4.14. The van der Waals surface area contributed by atoms with Crippen molar-refractivity contribution < 1.29 is 22.7 Å². The van der Waals surface area contributed by atoms with E-state index in [9.17, 15) is 18.0 Å². The highest BCUT2D eigenvalue weighted by molar-refractivity contribution is 7.89. The van der Waals surface area contributed by atoms with Crippen molar-refractivity contribution in [1.82, 2.24) is 8.87 Å². The van der Waals surface area contributed by atoms with E-state index in [1.807, 2.05) is 31.2 Å². The Morgan fingerprint density at radius 1 is 1.03 bits per heavy atom. The van der Waals surface area contributed by atoms with Gasteiger partial charge in [-0.2, -0.15) is 4.31 Å². The van der Waals surface area contributed by atoms with Crippen LogP contribution in [0.1, 0.15) is 46.0 Å². The Morgan fingerprint density at radius 3 is 2.28 bits per heavy atom. The van der Waals surface area contributed by atoms with Gasteiger partial charge in [-0.25, -0.2) is 13.2 Å². The maximum Gasteiger partial charge on any atom is 0.354 e. The van der Waals surface area contributed by atoms with E-state index < -0.39 is 16.0 Å². The summed E-state index contributed by atoms with van der Waals surface area (Å²) in [5.74, 6) is -0.883. The largest absolute Gasteiger partial charge is 0.464 e. The fraction of sp³-hybridized carbons (Fsp3) is 0.333. The third-order valence-corrected chi connectivity index (χ3v) is 7.69. The highest BCUT2D eigenvalue weighted by Gasteiger charge is 2.30. The molecule has 1 heterocycles. The van der Waals surface area contributed by atoms with Crippen LogP contribution in [0.3, 0.4) is 0 Å². The van der Waals surface area contributed by atoms with Crippen molar-refractivity contribution in [2.24, 2.45) is 0 Å². The molecule has 0 aliphatic carbocycles. The first-order chi connectivity index (χ1) is 15.2. The number of benzene rings is 2. The van der Waals surface area contributed by atoms with Gasteiger partial charge in [0.05, 0.1) is 18.6 Å². The number of methoxy groups -OCH3 is 1. The summed E-state index contributed by atoms with van der Waals surface area (Å²) in [5.41, 5.74) is 1.80. The Kier molecular flexibility index (Phi) is 6.85. The predicted molar refractivity (Wildman–Crippen MR) is 124 cm³/mol. The van der Waals surface area contributed by atoms with Gasteiger partial charge in [-0.15, -0.1) is 0 Å². The molecular formula is C24H28N2O5S. The summed E-state index contributed by atoms with van der Waals surface area (Å²) in [4.78, 5) is 25.7. The van der Waals surface area contributed by atoms with Gasteiger partial charge >= 0.3 is 5.97 Å². The molecule has 3 rings (SSSR count). The lowest BCUT2D eigenvalue weighted by atomic mass is 10.1. The molecule has 0 unspecified atom stereocenters. The van der Waals surface area contributed by atoms with Crippen molar-refractivity contribution in [2.45, 2.75) is 39.1 Å². The van der Waals surface area contributed by atoms with Crippen LogP contribution in [-0.2, 0) is 21.3 Å². The van der Waals surface area contributed by atoms with E-state index in [0.717, 1.165) is 10.8 Å². The number of carbonyl (C=O) groups excluding carboxylic acids is 2. The van der Waals surface area contributed by atoms with Crippen molar-refractivity contribution in [3.8, 4) is 0 Å². The van der Waals surface area contributed by atoms with E-state index >= 15 is 0 Å².